The van der Waals surface area contributed by atoms with E-state index in [0.717, 1.165) is 24.9 Å². The molecule has 0 aliphatic carbocycles. The second-order valence-electron chi connectivity index (χ2n) is 4.88. The van der Waals surface area contributed by atoms with Crippen molar-refractivity contribution < 1.29 is 19.4 Å². The van der Waals surface area contributed by atoms with Gasteiger partial charge in [0.25, 0.3) is 0 Å². The first kappa shape index (κ1) is 17.1. The Labute approximate surface area is 125 Å². The Bertz CT molecular complexity index is 452. The van der Waals surface area contributed by atoms with Gasteiger partial charge in [0.15, 0.2) is 11.5 Å². The summed E-state index contributed by atoms with van der Waals surface area (Å²) in [5, 5.41) is 9.90. The van der Waals surface area contributed by atoms with Crippen molar-refractivity contribution in [1.29, 1.82) is 0 Å². The number of aromatic hydroxyl groups is 1. The second-order valence-corrected chi connectivity index (χ2v) is 4.88. The summed E-state index contributed by atoms with van der Waals surface area (Å²) < 4.78 is 10.3. The summed E-state index contributed by atoms with van der Waals surface area (Å²) in [5.74, 6) is 0.306. The van der Waals surface area contributed by atoms with E-state index in [1.54, 1.807) is 12.1 Å². The van der Waals surface area contributed by atoms with Crippen LogP contribution in [0.5, 0.6) is 17.2 Å². The zero-order chi connectivity index (χ0) is 15.8. The molecule has 6 nitrogen and oxygen atoms in total. The van der Waals surface area contributed by atoms with Gasteiger partial charge in [-0.2, -0.15) is 0 Å². The number of unbranched alkanes of at least 4 members (excludes halogenated alkanes) is 1. The number of ether oxygens (including phenoxy) is 2. The number of hydrogen-bond acceptors (Lipinski definition) is 5. The van der Waals surface area contributed by atoms with Gasteiger partial charge in [0.2, 0.25) is 11.7 Å². The van der Waals surface area contributed by atoms with E-state index in [0.29, 0.717) is 18.0 Å². The standard InChI is InChI=1S/C15H24N2O4/c1-4-5-6-17(10-14(16)18)9-11-7-12(20-2)15(19)13(8-11)21-3/h7-8,19H,4-6,9-10H2,1-3H3,(H2,16,18). The van der Waals surface area contributed by atoms with Crippen molar-refractivity contribution in [2.75, 3.05) is 27.3 Å². The molecule has 0 saturated carbocycles. The topological polar surface area (TPSA) is 85.0 Å². The normalized spacial score (nSPS) is 10.7. The van der Waals surface area contributed by atoms with E-state index in [1.807, 2.05) is 4.90 Å². The first-order valence-electron chi connectivity index (χ1n) is 6.96. The van der Waals surface area contributed by atoms with Gasteiger partial charge in [-0.05, 0) is 30.7 Å². The Morgan fingerprint density at radius 3 is 2.29 bits per heavy atom. The number of rotatable bonds is 9. The predicted octanol–water partition coefficient (Wildman–Crippen LogP) is 1.50. The van der Waals surface area contributed by atoms with Crippen molar-refractivity contribution in [3.63, 3.8) is 0 Å². The average molecular weight is 296 g/mol. The summed E-state index contributed by atoms with van der Waals surface area (Å²) in [6.07, 6.45) is 2.02. The third-order valence-corrected chi connectivity index (χ3v) is 3.15. The molecule has 0 unspecified atom stereocenters. The van der Waals surface area contributed by atoms with Gasteiger partial charge in [0.1, 0.15) is 0 Å². The van der Waals surface area contributed by atoms with Crippen LogP contribution in [-0.2, 0) is 11.3 Å². The molecule has 0 saturated heterocycles. The predicted molar refractivity (Wildman–Crippen MR) is 80.6 cm³/mol. The highest BCUT2D eigenvalue weighted by Crippen LogP contribution is 2.37. The molecule has 6 heteroatoms. The monoisotopic (exact) mass is 296 g/mol. The Balaban J connectivity index is 2.93. The highest BCUT2D eigenvalue weighted by atomic mass is 16.5. The van der Waals surface area contributed by atoms with E-state index in [2.05, 4.69) is 6.92 Å². The lowest BCUT2D eigenvalue weighted by Gasteiger charge is -2.21. The third kappa shape index (κ3) is 5.15. The van der Waals surface area contributed by atoms with Crippen molar-refractivity contribution in [3.8, 4) is 17.2 Å². The minimum atomic E-state index is -0.358. The van der Waals surface area contributed by atoms with Gasteiger partial charge in [-0.3, -0.25) is 9.69 Å². The number of amides is 1. The molecular weight excluding hydrogens is 272 g/mol. The Morgan fingerprint density at radius 2 is 1.86 bits per heavy atom. The first-order chi connectivity index (χ1) is 10.0. The van der Waals surface area contributed by atoms with Crippen molar-refractivity contribution in [2.45, 2.75) is 26.3 Å². The largest absolute Gasteiger partial charge is 0.502 e. The van der Waals surface area contributed by atoms with Crippen LogP contribution in [0.1, 0.15) is 25.3 Å². The number of nitrogens with two attached hydrogens (primary N) is 1. The fourth-order valence-corrected chi connectivity index (χ4v) is 2.11. The van der Waals surface area contributed by atoms with E-state index < -0.39 is 0 Å². The van der Waals surface area contributed by atoms with Gasteiger partial charge in [0, 0.05) is 6.54 Å². The smallest absolute Gasteiger partial charge is 0.231 e. The van der Waals surface area contributed by atoms with Crippen LogP contribution in [-0.4, -0.2) is 43.2 Å². The molecule has 21 heavy (non-hydrogen) atoms. The van der Waals surface area contributed by atoms with Crippen molar-refractivity contribution in [1.82, 2.24) is 4.90 Å². The maximum absolute atomic E-state index is 11.2. The molecule has 0 atom stereocenters. The summed E-state index contributed by atoms with van der Waals surface area (Å²) in [4.78, 5) is 13.1. The molecule has 1 amide bonds. The molecule has 0 aliphatic heterocycles. The number of benzene rings is 1. The number of hydrogen-bond donors (Lipinski definition) is 2. The van der Waals surface area contributed by atoms with Crippen LogP contribution < -0.4 is 15.2 Å². The second kappa shape index (κ2) is 8.36. The molecule has 1 rings (SSSR count). The lowest BCUT2D eigenvalue weighted by Crippen LogP contribution is -2.34. The number of primary amides is 1. The van der Waals surface area contributed by atoms with E-state index in [1.165, 1.54) is 14.2 Å². The highest BCUT2D eigenvalue weighted by molar-refractivity contribution is 5.75. The molecule has 0 heterocycles. The van der Waals surface area contributed by atoms with Gasteiger partial charge in [-0.1, -0.05) is 13.3 Å². The van der Waals surface area contributed by atoms with Crippen LogP contribution in [0.25, 0.3) is 0 Å². The van der Waals surface area contributed by atoms with Crippen molar-refractivity contribution >= 4 is 5.91 Å². The molecule has 0 aromatic heterocycles. The van der Waals surface area contributed by atoms with Gasteiger partial charge in [-0.15, -0.1) is 0 Å². The zero-order valence-corrected chi connectivity index (χ0v) is 12.9. The first-order valence-corrected chi connectivity index (χ1v) is 6.96. The number of carbonyl (C=O) groups excluding carboxylic acids is 1. The van der Waals surface area contributed by atoms with Gasteiger partial charge >= 0.3 is 0 Å². The van der Waals surface area contributed by atoms with Crippen LogP contribution in [0, 0.1) is 0 Å². The molecule has 118 valence electrons. The minimum Gasteiger partial charge on any atom is -0.502 e. The number of phenols is 1. The maximum atomic E-state index is 11.2. The van der Waals surface area contributed by atoms with E-state index in [4.69, 9.17) is 15.2 Å². The zero-order valence-electron chi connectivity index (χ0n) is 12.9. The molecule has 1 aromatic rings. The quantitative estimate of drug-likeness (QED) is 0.721. The summed E-state index contributed by atoms with van der Waals surface area (Å²) in [6.45, 7) is 3.61. The van der Waals surface area contributed by atoms with Crippen molar-refractivity contribution in [3.05, 3.63) is 17.7 Å². The fourth-order valence-electron chi connectivity index (χ4n) is 2.11. The molecule has 3 N–H and O–H groups in total. The van der Waals surface area contributed by atoms with Crippen LogP contribution in [0.3, 0.4) is 0 Å². The Kier molecular flexibility index (Phi) is 6.81. The van der Waals surface area contributed by atoms with E-state index in [9.17, 15) is 9.90 Å². The van der Waals surface area contributed by atoms with E-state index >= 15 is 0 Å². The van der Waals surface area contributed by atoms with Crippen LogP contribution in [0.4, 0.5) is 0 Å². The number of carbonyl (C=O) groups is 1. The van der Waals surface area contributed by atoms with Crippen LogP contribution >= 0.6 is 0 Å². The van der Waals surface area contributed by atoms with Crippen LogP contribution in [0.15, 0.2) is 12.1 Å². The molecule has 0 fully saturated rings. The lowest BCUT2D eigenvalue weighted by atomic mass is 10.1. The number of methoxy groups -OCH3 is 2. The molecule has 0 bridgehead atoms. The Hall–Kier alpha value is -1.95. The van der Waals surface area contributed by atoms with Gasteiger partial charge < -0.3 is 20.3 Å². The minimum absolute atomic E-state index is 0.0289. The summed E-state index contributed by atoms with van der Waals surface area (Å²) in [5.41, 5.74) is 6.17. The van der Waals surface area contributed by atoms with E-state index in [-0.39, 0.29) is 18.2 Å². The molecule has 0 spiro atoms. The molecular formula is C15H24N2O4. The highest BCUT2D eigenvalue weighted by Gasteiger charge is 2.14. The SMILES string of the molecule is CCCCN(CC(N)=O)Cc1cc(OC)c(O)c(OC)c1. The molecule has 1 aromatic carbocycles. The molecule has 0 aliphatic rings. The Morgan fingerprint density at radius 1 is 1.29 bits per heavy atom. The average Bonchev–Trinajstić information content (AvgIpc) is 2.45. The maximum Gasteiger partial charge on any atom is 0.231 e. The van der Waals surface area contributed by atoms with Gasteiger partial charge in [0.05, 0.1) is 20.8 Å². The summed E-state index contributed by atoms with van der Waals surface area (Å²) in [7, 11) is 2.97. The van der Waals surface area contributed by atoms with Gasteiger partial charge in [-0.25, -0.2) is 0 Å². The summed E-state index contributed by atoms with van der Waals surface area (Å²) in [6, 6.07) is 3.47. The number of nitrogens with zero attached hydrogens (tertiary/aromatic N) is 1. The third-order valence-electron chi connectivity index (χ3n) is 3.15. The summed E-state index contributed by atoms with van der Waals surface area (Å²) >= 11 is 0. The lowest BCUT2D eigenvalue weighted by molar-refractivity contribution is -0.119. The molecule has 0 radical (unpaired) electrons. The van der Waals surface area contributed by atoms with Crippen molar-refractivity contribution in [2.24, 2.45) is 5.73 Å². The van der Waals surface area contributed by atoms with Crippen LogP contribution in [0.2, 0.25) is 0 Å². The number of phenolic OH excluding ortho intramolecular Hbond substituents is 1. The fraction of sp³-hybridized carbons (Fsp3) is 0.533.